The van der Waals surface area contributed by atoms with Crippen LogP contribution in [0, 0.1) is 27.7 Å². The molecule has 0 bridgehead atoms. The van der Waals surface area contributed by atoms with Crippen LogP contribution in [-0.4, -0.2) is 0 Å². The van der Waals surface area contributed by atoms with Gasteiger partial charge in [0.1, 0.15) is 0 Å². The Hall–Kier alpha value is -9.76. The Balaban J connectivity index is 0.946. The number of aryl methyl sites for hydroxylation is 8. The fourth-order valence-corrected chi connectivity index (χ4v) is 13.9. The molecule has 0 spiro atoms. The average molecular weight is 1280 g/mol. The van der Waals surface area contributed by atoms with Crippen LogP contribution in [0.25, 0.3) is 66.8 Å². The van der Waals surface area contributed by atoms with Gasteiger partial charge in [0, 0.05) is 34.1 Å². The molecule has 0 saturated heterocycles. The predicted octanol–water partition coefficient (Wildman–Crippen LogP) is 28.4. The molecule has 0 aliphatic heterocycles. The van der Waals surface area contributed by atoms with Gasteiger partial charge in [-0.1, -0.05) is 285 Å². The van der Waals surface area contributed by atoms with Gasteiger partial charge in [0.25, 0.3) is 0 Å². The van der Waals surface area contributed by atoms with Crippen LogP contribution >= 0.6 is 0 Å². The van der Waals surface area contributed by atoms with Gasteiger partial charge < -0.3 is 9.80 Å². The highest BCUT2D eigenvalue weighted by molar-refractivity contribution is 5.87. The molecule has 2 nitrogen and oxygen atoms in total. The van der Waals surface area contributed by atoms with Crippen molar-refractivity contribution < 1.29 is 0 Å². The molecule has 2 heteroatoms. The van der Waals surface area contributed by atoms with Crippen LogP contribution in [0.15, 0.2) is 267 Å². The number of anilines is 6. The highest BCUT2D eigenvalue weighted by Gasteiger charge is 2.21. The molecule has 0 heterocycles. The third kappa shape index (κ3) is 17.3. The zero-order valence-corrected chi connectivity index (χ0v) is 60.0. The average Bonchev–Trinajstić information content (AvgIpc) is 0.773. The quantitative estimate of drug-likeness (QED) is 0.0327. The molecule has 0 aromatic heterocycles. The molecular formula is C96H102N2. The second-order valence-electron chi connectivity index (χ2n) is 27.3. The summed E-state index contributed by atoms with van der Waals surface area (Å²) >= 11 is 0. The molecule has 98 heavy (non-hydrogen) atoms. The first kappa shape index (κ1) is 69.6. The zero-order valence-electron chi connectivity index (χ0n) is 60.0. The van der Waals surface area contributed by atoms with E-state index in [-0.39, 0.29) is 0 Å². The summed E-state index contributed by atoms with van der Waals surface area (Å²) in [6, 6.07) is 92.1. The minimum atomic E-state index is 1.03. The second-order valence-corrected chi connectivity index (χ2v) is 27.3. The fraction of sp³-hybridized carbons (Fsp3) is 0.250. The van der Waals surface area contributed by atoms with E-state index < -0.39 is 0 Å². The molecule has 0 N–H and O–H groups in total. The molecule has 496 valence electrons. The molecule has 0 atom stereocenters. The maximum atomic E-state index is 4.20. The lowest BCUT2D eigenvalue weighted by Gasteiger charge is -2.27. The molecule has 0 aliphatic carbocycles. The Morgan fingerprint density at radius 1 is 0.306 bits per heavy atom. The first-order chi connectivity index (χ1) is 47.9. The van der Waals surface area contributed by atoms with Gasteiger partial charge in [0.2, 0.25) is 0 Å². The lowest BCUT2D eigenvalue weighted by molar-refractivity contribution is 0.664. The van der Waals surface area contributed by atoms with E-state index in [2.05, 4.69) is 333 Å². The van der Waals surface area contributed by atoms with Gasteiger partial charge >= 0.3 is 0 Å². The summed E-state index contributed by atoms with van der Waals surface area (Å²) < 4.78 is 0. The Kier molecular flexibility index (Phi) is 24.1. The second kappa shape index (κ2) is 34.0. The molecule has 11 aromatic carbocycles. The monoisotopic (exact) mass is 1280 g/mol. The summed E-state index contributed by atoms with van der Waals surface area (Å²) in [6.07, 6.45) is 23.9. The molecule has 11 rings (SSSR count). The van der Waals surface area contributed by atoms with Crippen LogP contribution in [0.1, 0.15) is 161 Å². The summed E-state index contributed by atoms with van der Waals surface area (Å²) in [5.74, 6) is 0. The molecule has 0 saturated carbocycles. The number of rotatable bonds is 30. The minimum absolute atomic E-state index is 1.03. The summed E-state index contributed by atoms with van der Waals surface area (Å²) in [4.78, 5) is 4.87. The van der Waals surface area contributed by atoms with Crippen molar-refractivity contribution in [1.82, 2.24) is 0 Å². The number of benzene rings is 11. The molecule has 0 radical (unpaired) electrons. The SMILES string of the molecule is C=C/C(=C\C=C(/C)c1ccc(C)cc1)c1ccc(-c2ccc(N(c3ccc(-c4ccc(CCCC)cc4)cc3)c3ccc(-c4cc(CCCCCC)c(-c5ccc(N(c6ccc(C)cc6)c6ccc(-c7ccc(CCC)cc7)cc6)cc5C)cc4CCCCCC)c(C)c3)cc2)cc1. The summed E-state index contributed by atoms with van der Waals surface area (Å²) in [6.45, 7) is 24.5. The van der Waals surface area contributed by atoms with E-state index in [1.165, 1.54) is 163 Å². The Morgan fingerprint density at radius 3 is 1.03 bits per heavy atom. The normalized spacial score (nSPS) is 11.7. The summed E-state index contributed by atoms with van der Waals surface area (Å²) in [7, 11) is 0. The molecule has 0 unspecified atom stereocenters. The Bertz CT molecular complexity index is 4450. The van der Waals surface area contributed by atoms with E-state index in [1.807, 2.05) is 6.08 Å². The number of allylic oxidation sites excluding steroid dienone is 5. The molecule has 11 aromatic rings. The van der Waals surface area contributed by atoms with Crippen LogP contribution in [0.5, 0.6) is 0 Å². The highest BCUT2D eigenvalue weighted by atomic mass is 15.1. The standard InChI is InChI=1S/C96H102N2/c1-11-16-19-21-25-85-68-96(86(26-22-20-17-12-2)67-95(85)93-63-61-91(65-72(93)9)97(87-53-29-70(7)30-54-87)88-55-47-82(48-56-88)79-39-32-74(23-14-4)33-40-79)94-64-62-92(66-73(94)10)98(89-57-49-83(50-58-89)80-41-34-75(35-42-80)24-18-13-3)90-59-51-84(52-60-90)81-45-43-78(44-46-81)76(15-5)38-31-71(8)77-36-27-69(6)28-37-77/h15,27-68H,5,11-14,16-26H2,1-4,6-10H3/b71-31+,76-38+. The van der Waals surface area contributed by atoms with Crippen molar-refractivity contribution in [3.05, 3.63) is 323 Å². The zero-order chi connectivity index (χ0) is 68.3. The van der Waals surface area contributed by atoms with Crippen molar-refractivity contribution in [1.29, 1.82) is 0 Å². The predicted molar refractivity (Wildman–Crippen MR) is 429 cm³/mol. The van der Waals surface area contributed by atoms with Crippen LogP contribution in [0.2, 0.25) is 0 Å². The van der Waals surface area contributed by atoms with E-state index in [0.29, 0.717) is 0 Å². The molecule has 0 amide bonds. The Labute approximate surface area is 588 Å². The van der Waals surface area contributed by atoms with Gasteiger partial charge in [0.05, 0.1) is 0 Å². The maximum absolute atomic E-state index is 4.20. The number of hydrogen-bond donors (Lipinski definition) is 0. The van der Waals surface area contributed by atoms with Gasteiger partial charge in [-0.25, -0.2) is 0 Å². The van der Waals surface area contributed by atoms with Crippen molar-refractivity contribution in [3.8, 4) is 55.6 Å². The van der Waals surface area contributed by atoms with Crippen molar-refractivity contribution >= 4 is 45.3 Å². The molecule has 0 aliphatic rings. The molecular weight excluding hydrogens is 1180 g/mol. The van der Waals surface area contributed by atoms with E-state index in [0.717, 1.165) is 90.2 Å². The third-order valence-corrected chi connectivity index (χ3v) is 19.8. The van der Waals surface area contributed by atoms with E-state index in [9.17, 15) is 0 Å². The van der Waals surface area contributed by atoms with Gasteiger partial charge in [-0.3, -0.25) is 0 Å². The van der Waals surface area contributed by atoms with Gasteiger partial charge in [-0.05, 0) is 264 Å². The van der Waals surface area contributed by atoms with Crippen LogP contribution in [-0.2, 0) is 25.7 Å². The summed E-state index contributed by atoms with van der Waals surface area (Å²) in [5.41, 5.74) is 34.9. The van der Waals surface area contributed by atoms with Crippen molar-refractivity contribution in [3.63, 3.8) is 0 Å². The Morgan fingerprint density at radius 2 is 0.653 bits per heavy atom. The minimum Gasteiger partial charge on any atom is -0.310 e. The van der Waals surface area contributed by atoms with Crippen molar-refractivity contribution in [2.24, 2.45) is 0 Å². The lowest BCUT2D eigenvalue weighted by Crippen LogP contribution is -2.10. The number of unbranched alkanes of at least 4 members (excludes halogenated alkanes) is 7. The topological polar surface area (TPSA) is 6.48 Å². The number of hydrogen-bond acceptors (Lipinski definition) is 2. The first-order valence-corrected chi connectivity index (χ1v) is 36.6. The first-order valence-electron chi connectivity index (χ1n) is 36.6. The van der Waals surface area contributed by atoms with Gasteiger partial charge in [-0.2, -0.15) is 0 Å². The fourth-order valence-electron chi connectivity index (χ4n) is 13.9. The van der Waals surface area contributed by atoms with E-state index in [4.69, 9.17) is 0 Å². The van der Waals surface area contributed by atoms with Gasteiger partial charge in [-0.15, -0.1) is 0 Å². The third-order valence-electron chi connectivity index (χ3n) is 19.8. The van der Waals surface area contributed by atoms with E-state index >= 15 is 0 Å². The van der Waals surface area contributed by atoms with Gasteiger partial charge in [0.15, 0.2) is 0 Å². The summed E-state index contributed by atoms with van der Waals surface area (Å²) in [5, 5.41) is 0. The highest BCUT2D eigenvalue weighted by Crippen LogP contribution is 2.44. The molecule has 0 fully saturated rings. The van der Waals surface area contributed by atoms with Crippen LogP contribution < -0.4 is 9.80 Å². The van der Waals surface area contributed by atoms with Crippen molar-refractivity contribution in [2.75, 3.05) is 9.80 Å². The van der Waals surface area contributed by atoms with Crippen molar-refractivity contribution in [2.45, 2.75) is 159 Å². The van der Waals surface area contributed by atoms with Crippen LogP contribution in [0.4, 0.5) is 34.1 Å². The largest absolute Gasteiger partial charge is 0.310 e. The van der Waals surface area contributed by atoms with Crippen LogP contribution in [0.3, 0.4) is 0 Å². The van der Waals surface area contributed by atoms with E-state index in [1.54, 1.807) is 0 Å². The maximum Gasteiger partial charge on any atom is 0.0464 e. The smallest absolute Gasteiger partial charge is 0.0464 e. The lowest BCUT2D eigenvalue weighted by atomic mass is 9.84. The number of nitrogens with zero attached hydrogens (tertiary/aromatic N) is 2.